The Morgan fingerprint density at radius 1 is 0.769 bits per heavy atom. The van der Waals surface area contributed by atoms with Crippen LogP contribution >= 0.6 is 24.8 Å². The Bertz CT molecular complexity index is 55.1. The summed E-state index contributed by atoms with van der Waals surface area (Å²) >= 11 is 0. The van der Waals surface area contributed by atoms with E-state index in [1.165, 1.54) is 0 Å². The molecule has 0 aromatic rings. The molecule has 13 heavy (non-hydrogen) atoms. The number of rotatable bonds is 0. The lowest BCUT2D eigenvalue weighted by Gasteiger charge is -1.90. The highest BCUT2D eigenvalue weighted by Crippen LogP contribution is 1.48. The van der Waals surface area contributed by atoms with E-state index in [9.17, 15) is 0 Å². The summed E-state index contributed by atoms with van der Waals surface area (Å²) in [7, 11) is 12.0. The topological polar surface area (TPSA) is 6.48 Å². The standard InChI is InChI=1S/2C3H9N.C3H6.2ClH/c2*1-4(2)3;1-3-2;;/h2*1-3H3;3H,1H2,2H3;2*1H. The van der Waals surface area contributed by atoms with Crippen LogP contribution in [0.2, 0.25) is 0 Å². The SMILES string of the molecule is C=CC.CN(C)C.CN(C)C.Cl.Cl. The molecule has 0 saturated heterocycles. The van der Waals surface area contributed by atoms with E-state index >= 15 is 0 Å². The molecule has 0 fully saturated rings. The Morgan fingerprint density at radius 3 is 0.769 bits per heavy atom. The second-order valence-electron chi connectivity index (χ2n) is 3.09. The minimum Gasteiger partial charge on any atom is -0.312 e. The molecular weight excluding hydrogens is 207 g/mol. The lowest BCUT2D eigenvalue weighted by atomic mass is 10.8. The van der Waals surface area contributed by atoms with Gasteiger partial charge in [-0.15, -0.1) is 31.4 Å². The summed E-state index contributed by atoms with van der Waals surface area (Å²) in [5.74, 6) is 0. The maximum Gasteiger partial charge on any atom is -0.0140 e. The van der Waals surface area contributed by atoms with Crippen molar-refractivity contribution in [2.45, 2.75) is 6.92 Å². The van der Waals surface area contributed by atoms with Crippen LogP contribution in [0.25, 0.3) is 0 Å². The van der Waals surface area contributed by atoms with Crippen LogP contribution in [0.1, 0.15) is 6.92 Å². The molecule has 0 aliphatic carbocycles. The van der Waals surface area contributed by atoms with E-state index in [-0.39, 0.29) is 24.8 Å². The quantitative estimate of drug-likeness (QED) is 0.593. The van der Waals surface area contributed by atoms with Gasteiger partial charge in [-0.1, -0.05) is 6.08 Å². The highest BCUT2D eigenvalue weighted by molar-refractivity contribution is 5.85. The molecule has 2 nitrogen and oxygen atoms in total. The van der Waals surface area contributed by atoms with E-state index < -0.39 is 0 Å². The van der Waals surface area contributed by atoms with Gasteiger partial charge in [0.05, 0.1) is 0 Å². The molecule has 0 spiro atoms. The molecule has 0 N–H and O–H groups in total. The van der Waals surface area contributed by atoms with Crippen LogP contribution in [0.15, 0.2) is 12.7 Å². The summed E-state index contributed by atoms with van der Waals surface area (Å²) in [6, 6.07) is 0. The molecule has 0 aromatic carbocycles. The van der Waals surface area contributed by atoms with Crippen LogP contribution in [0.5, 0.6) is 0 Å². The summed E-state index contributed by atoms with van der Waals surface area (Å²) in [4.78, 5) is 4.00. The van der Waals surface area contributed by atoms with Gasteiger partial charge in [0.2, 0.25) is 0 Å². The lowest BCUT2D eigenvalue weighted by molar-refractivity contribution is 0.505. The summed E-state index contributed by atoms with van der Waals surface area (Å²) < 4.78 is 0. The third kappa shape index (κ3) is 22300. The predicted molar refractivity (Wildman–Crippen MR) is 69.6 cm³/mol. The van der Waals surface area contributed by atoms with Gasteiger partial charge >= 0.3 is 0 Å². The lowest BCUT2D eigenvalue weighted by Crippen LogP contribution is -1.99. The Labute approximate surface area is 96.8 Å². The van der Waals surface area contributed by atoms with Crippen molar-refractivity contribution < 1.29 is 0 Å². The second-order valence-corrected chi connectivity index (χ2v) is 3.09. The third-order valence-electron chi connectivity index (χ3n) is 0. The number of nitrogens with zero attached hydrogens (tertiary/aromatic N) is 2. The van der Waals surface area contributed by atoms with Gasteiger partial charge in [-0.3, -0.25) is 0 Å². The fourth-order valence-electron chi connectivity index (χ4n) is 0. The average Bonchev–Trinajstić information content (AvgIpc) is 1.60. The molecule has 0 bridgehead atoms. The van der Waals surface area contributed by atoms with Crippen LogP contribution in [0.3, 0.4) is 0 Å². The monoisotopic (exact) mass is 232 g/mol. The Morgan fingerprint density at radius 2 is 0.769 bits per heavy atom. The van der Waals surface area contributed by atoms with Crippen molar-refractivity contribution in [1.29, 1.82) is 0 Å². The third-order valence-corrected chi connectivity index (χ3v) is 0. The Kier molecular flexibility index (Phi) is 66.3. The van der Waals surface area contributed by atoms with Crippen molar-refractivity contribution in [3.8, 4) is 0 Å². The molecule has 86 valence electrons. The fraction of sp³-hybridized carbons (Fsp3) is 0.778. The van der Waals surface area contributed by atoms with Gasteiger partial charge in [0.15, 0.2) is 0 Å². The van der Waals surface area contributed by atoms with E-state index in [4.69, 9.17) is 0 Å². The van der Waals surface area contributed by atoms with Gasteiger partial charge in [-0.25, -0.2) is 0 Å². The smallest absolute Gasteiger partial charge is 0.0140 e. The summed E-state index contributed by atoms with van der Waals surface area (Å²) in [5.41, 5.74) is 0. The molecule has 0 amide bonds. The highest BCUT2D eigenvalue weighted by atomic mass is 35.5. The van der Waals surface area contributed by atoms with E-state index in [1.54, 1.807) is 6.08 Å². The molecule has 0 unspecified atom stereocenters. The maximum atomic E-state index is 3.36. The molecule has 0 aliphatic heterocycles. The first-order valence-electron chi connectivity index (χ1n) is 3.67. The minimum atomic E-state index is 0. The second kappa shape index (κ2) is 29.5. The molecule has 0 atom stereocenters. The zero-order chi connectivity index (χ0) is 9.86. The fourth-order valence-corrected chi connectivity index (χ4v) is 0. The van der Waals surface area contributed by atoms with Crippen LogP contribution < -0.4 is 0 Å². The van der Waals surface area contributed by atoms with Gasteiger partial charge in [-0.2, -0.15) is 0 Å². The minimum absolute atomic E-state index is 0. The number of allylic oxidation sites excluding steroid dienone is 1. The molecule has 0 saturated carbocycles. The number of hydrogen-bond donors (Lipinski definition) is 0. The zero-order valence-corrected chi connectivity index (χ0v) is 11.6. The summed E-state index contributed by atoms with van der Waals surface area (Å²) in [6.07, 6.45) is 1.75. The van der Waals surface area contributed by atoms with Crippen LogP contribution in [-0.4, -0.2) is 52.1 Å². The maximum absolute atomic E-state index is 3.36. The normalized spacial score (nSPS) is 6.54. The first-order chi connectivity index (χ1) is 4.88. The molecule has 0 aromatic heterocycles. The molecule has 0 heterocycles. The van der Waals surface area contributed by atoms with Gasteiger partial charge in [0.1, 0.15) is 0 Å². The van der Waals surface area contributed by atoms with E-state index in [0.29, 0.717) is 0 Å². The molecule has 0 rings (SSSR count). The Hall–Kier alpha value is 0.240. The van der Waals surface area contributed by atoms with Crippen molar-refractivity contribution in [3.63, 3.8) is 0 Å². The summed E-state index contributed by atoms with van der Waals surface area (Å²) in [5, 5.41) is 0. The highest BCUT2D eigenvalue weighted by Gasteiger charge is 1.58. The molecular formula is C9H26Cl2N2. The largest absolute Gasteiger partial charge is 0.312 e. The molecule has 0 aliphatic rings. The number of halogens is 2. The predicted octanol–water partition coefficient (Wildman–Crippen LogP) is 2.39. The van der Waals surface area contributed by atoms with E-state index in [2.05, 4.69) is 6.58 Å². The van der Waals surface area contributed by atoms with Crippen LogP contribution in [0.4, 0.5) is 0 Å². The Balaban J connectivity index is -0.0000000231. The van der Waals surface area contributed by atoms with Crippen molar-refractivity contribution in [1.82, 2.24) is 9.80 Å². The van der Waals surface area contributed by atoms with E-state index in [0.717, 1.165) is 0 Å². The van der Waals surface area contributed by atoms with Crippen molar-refractivity contribution in [2.24, 2.45) is 0 Å². The first kappa shape index (κ1) is 29.2. The number of hydrogen-bond acceptors (Lipinski definition) is 2. The average molecular weight is 233 g/mol. The summed E-state index contributed by atoms with van der Waals surface area (Å²) in [6.45, 7) is 5.25. The van der Waals surface area contributed by atoms with Gasteiger partial charge in [-0.05, 0) is 49.2 Å². The van der Waals surface area contributed by atoms with Crippen molar-refractivity contribution in [2.75, 3.05) is 42.3 Å². The van der Waals surface area contributed by atoms with E-state index in [1.807, 2.05) is 59.0 Å². The molecule has 4 heteroatoms. The first-order valence-corrected chi connectivity index (χ1v) is 3.67. The van der Waals surface area contributed by atoms with Gasteiger partial charge in [0.25, 0.3) is 0 Å². The van der Waals surface area contributed by atoms with Gasteiger partial charge < -0.3 is 9.80 Å². The zero-order valence-electron chi connectivity index (χ0n) is 10.00. The van der Waals surface area contributed by atoms with Crippen molar-refractivity contribution in [3.05, 3.63) is 12.7 Å². The van der Waals surface area contributed by atoms with Crippen LogP contribution in [-0.2, 0) is 0 Å². The van der Waals surface area contributed by atoms with Crippen molar-refractivity contribution >= 4 is 24.8 Å². The molecule has 0 radical (unpaired) electrons. The van der Waals surface area contributed by atoms with Crippen LogP contribution in [0, 0.1) is 0 Å². The van der Waals surface area contributed by atoms with Gasteiger partial charge in [0, 0.05) is 0 Å².